The molecular weight excluding hydrogens is 420 g/mol. The summed E-state index contributed by atoms with van der Waals surface area (Å²) in [6.07, 6.45) is 1.18. The van der Waals surface area contributed by atoms with Crippen LogP contribution < -0.4 is 15.5 Å². The molecule has 2 aromatic rings. The molecule has 176 valence electrons. The van der Waals surface area contributed by atoms with Crippen LogP contribution in [0.3, 0.4) is 0 Å². The number of benzene rings is 2. The van der Waals surface area contributed by atoms with E-state index in [4.69, 9.17) is 5.73 Å². The van der Waals surface area contributed by atoms with Crippen molar-refractivity contribution < 1.29 is 4.79 Å². The zero-order valence-electron chi connectivity index (χ0n) is 20.9. The summed E-state index contributed by atoms with van der Waals surface area (Å²) in [5, 5.41) is 10.2. The Morgan fingerprint density at radius 2 is 1.68 bits per heavy atom. The fourth-order valence-electron chi connectivity index (χ4n) is 5.30. The molecule has 0 spiro atoms. The third-order valence-electron chi connectivity index (χ3n) is 7.03. The third-order valence-corrected chi connectivity index (χ3v) is 7.03. The second-order valence-corrected chi connectivity index (χ2v) is 10.1. The van der Waals surface area contributed by atoms with Crippen LogP contribution in [0.15, 0.2) is 71.2 Å². The number of nitrogens with zero attached hydrogens (tertiary/aromatic N) is 3. The number of allylic oxidation sites excluding steroid dienone is 3. The SMILES string of the molecule is CCN(CC)c1ccc([C@@H]2C(C#N)=C(N)N(c3ccc(C)cc3)C3=C2C(=O)CC(C)(C)C3)cc1. The maximum Gasteiger partial charge on any atom is 0.162 e. The summed E-state index contributed by atoms with van der Waals surface area (Å²) in [5.74, 6) is 0.0610. The van der Waals surface area contributed by atoms with Crippen LogP contribution in [0.5, 0.6) is 0 Å². The highest BCUT2D eigenvalue weighted by Crippen LogP contribution is 2.50. The van der Waals surface area contributed by atoms with Crippen LogP contribution in [0.1, 0.15) is 57.6 Å². The number of carbonyl (C=O) groups excluding carboxylic acids is 1. The van der Waals surface area contributed by atoms with Crippen LogP contribution >= 0.6 is 0 Å². The second-order valence-electron chi connectivity index (χ2n) is 10.1. The van der Waals surface area contributed by atoms with E-state index in [9.17, 15) is 10.1 Å². The first-order chi connectivity index (χ1) is 16.2. The summed E-state index contributed by atoms with van der Waals surface area (Å²) in [7, 11) is 0. The minimum atomic E-state index is -0.448. The summed E-state index contributed by atoms with van der Waals surface area (Å²) in [6, 6.07) is 18.7. The zero-order chi connectivity index (χ0) is 24.6. The van der Waals surface area contributed by atoms with Crippen molar-refractivity contribution in [1.82, 2.24) is 0 Å². The first kappa shape index (κ1) is 23.6. The Morgan fingerprint density at radius 1 is 1.06 bits per heavy atom. The third kappa shape index (κ3) is 4.09. The fraction of sp³-hybridized carbons (Fsp3) is 0.379. The van der Waals surface area contributed by atoms with E-state index in [1.807, 2.05) is 48.2 Å². The van der Waals surface area contributed by atoms with E-state index in [1.165, 1.54) is 0 Å². The van der Waals surface area contributed by atoms with Crippen molar-refractivity contribution in [2.75, 3.05) is 22.9 Å². The number of aryl methyl sites for hydroxylation is 1. The van der Waals surface area contributed by atoms with E-state index in [0.717, 1.165) is 47.7 Å². The molecule has 1 atom stereocenters. The number of carbonyl (C=O) groups is 1. The molecule has 0 saturated heterocycles. The van der Waals surface area contributed by atoms with Crippen molar-refractivity contribution in [2.45, 2.75) is 53.4 Å². The van der Waals surface area contributed by atoms with Gasteiger partial charge in [-0.2, -0.15) is 5.26 Å². The standard InChI is InChI=1S/C29H34N4O/c1-6-32(7-2)21-14-10-20(11-15-21)26-23(18-30)28(31)33(22-12-8-19(3)9-13-22)24-16-29(4,5)17-25(34)27(24)26/h8-15,26H,6-7,16-17,31H2,1-5H3/t26-/m1/s1. The van der Waals surface area contributed by atoms with Crippen LogP contribution in [-0.4, -0.2) is 18.9 Å². The molecule has 0 unspecified atom stereocenters. The monoisotopic (exact) mass is 454 g/mol. The Morgan fingerprint density at radius 3 is 2.24 bits per heavy atom. The van der Waals surface area contributed by atoms with Crippen molar-refractivity contribution in [3.05, 3.63) is 82.3 Å². The van der Waals surface area contributed by atoms with Gasteiger partial charge in [0.25, 0.3) is 0 Å². The molecule has 5 nitrogen and oxygen atoms in total. The van der Waals surface area contributed by atoms with Crippen molar-refractivity contribution in [2.24, 2.45) is 11.1 Å². The fourth-order valence-corrected chi connectivity index (χ4v) is 5.30. The normalized spacial score (nSPS) is 19.7. The van der Waals surface area contributed by atoms with Gasteiger partial charge in [0, 0.05) is 42.2 Å². The van der Waals surface area contributed by atoms with Crippen LogP contribution in [0.4, 0.5) is 11.4 Å². The highest BCUT2D eigenvalue weighted by molar-refractivity contribution is 6.01. The molecule has 0 saturated carbocycles. The summed E-state index contributed by atoms with van der Waals surface area (Å²) in [6.45, 7) is 12.4. The summed E-state index contributed by atoms with van der Waals surface area (Å²) in [4.78, 5) is 17.8. The minimum absolute atomic E-state index is 0.0985. The van der Waals surface area contributed by atoms with Crippen molar-refractivity contribution >= 4 is 17.2 Å². The van der Waals surface area contributed by atoms with Gasteiger partial charge in [-0.3, -0.25) is 9.69 Å². The highest BCUT2D eigenvalue weighted by atomic mass is 16.1. The van der Waals surface area contributed by atoms with Gasteiger partial charge in [-0.15, -0.1) is 0 Å². The van der Waals surface area contributed by atoms with Gasteiger partial charge in [0.15, 0.2) is 5.78 Å². The molecule has 5 heteroatoms. The Bertz CT molecular complexity index is 1190. The summed E-state index contributed by atoms with van der Waals surface area (Å²) in [5.41, 5.74) is 12.7. The van der Waals surface area contributed by atoms with E-state index in [1.54, 1.807) is 0 Å². The molecule has 0 radical (unpaired) electrons. The van der Waals surface area contributed by atoms with Gasteiger partial charge in [-0.05, 0) is 62.4 Å². The number of nitrogens with two attached hydrogens (primary N) is 1. The lowest BCUT2D eigenvalue weighted by molar-refractivity contribution is -0.118. The van der Waals surface area contributed by atoms with Crippen LogP contribution in [0, 0.1) is 23.7 Å². The molecule has 4 rings (SSSR count). The van der Waals surface area contributed by atoms with Gasteiger partial charge in [-0.1, -0.05) is 43.7 Å². The van der Waals surface area contributed by atoms with Gasteiger partial charge in [0.2, 0.25) is 0 Å². The smallest absolute Gasteiger partial charge is 0.162 e. The number of hydrogen-bond donors (Lipinski definition) is 1. The van der Waals surface area contributed by atoms with E-state index in [2.05, 4.69) is 50.8 Å². The van der Waals surface area contributed by atoms with E-state index < -0.39 is 5.92 Å². The van der Waals surface area contributed by atoms with Gasteiger partial charge in [-0.25, -0.2) is 0 Å². The quantitative estimate of drug-likeness (QED) is 0.620. The van der Waals surface area contributed by atoms with E-state index in [-0.39, 0.29) is 11.2 Å². The number of anilines is 2. The molecule has 1 aliphatic heterocycles. The molecular formula is C29H34N4O. The largest absolute Gasteiger partial charge is 0.384 e. The molecule has 1 aliphatic carbocycles. The average Bonchev–Trinajstić information content (AvgIpc) is 2.80. The van der Waals surface area contributed by atoms with Crippen molar-refractivity contribution in [3.8, 4) is 6.07 Å². The Labute approximate surface area is 203 Å². The Hall–Kier alpha value is -3.52. The first-order valence-corrected chi connectivity index (χ1v) is 12.1. The Balaban J connectivity index is 1.90. The van der Waals surface area contributed by atoms with Crippen molar-refractivity contribution in [1.29, 1.82) is 5.26 Å². The predicted molar refractivity (Wildman–Crippen MR) is 138 cm³/mol. The molecule has 1 heterocycles. The number of nitriles is 1. The van der Waals surface area contributed by atoms with Crippen molar-refractivity contribution in [3.63, 3.8) is 0 Å². The predicted octanol–water partition coefficient (Wildman–Crippen LogP) is 5.78. The van der Waals surface area contributed by atoms with Gasteiger partial charge in [0.05, 0.1) is 17.6 Å². The number of hydrogen-bond acceptors (Lipinski definition) is 5. The number of rotatable bonds is 5. The lowest BCUT2D eigenvalue weighted by Crippen LogP contribution is -2.42. The lowest BCUT2D eigenvalue weighted by Gasteiger charge is -2.43. The molecule has 2 aliphatic rings. The zero-order valence-corrected chi connectivity index (χ0v) is 20.9. The topological polar surface area (TPSA) is 73.4 Å². The van der Waals surface area contributed by atoms with Crippen LogP contribution in [-0.2, 0) is 4.79 Å². The number of Topliss-reactive ketones (excluding diaryl/α,β-unsaturated/α-hetero) is 1. The van der Waals surface area contributed by atoms with Crippen LogP contribution in [0.25, 0.3) is 0 Å². The van der Waals surface area contributed by atoms with Gasteiger partial charge >= 0.3 is 0 Å². The molecule has 34 heavy (non-hydrogen) atoms. The molecule has 0 bridgehead atoms. The average molecular weight is 455 g/mol. The summed E-state index contributed by atoms with van der Waals surface area (Å²) >= 11 is 0. The maximum atomic E-state index is 13.6. The molecule has 2 N–H and O–H groups in total. The first-order valence-electron chi connectivity index (χ1n) is 12.1. The van der Waals surface area contributed by atoms with Gasteiger partial charge in [0.1, 0.15) is 5.82 Å². The highest BCUT2D eigenvalue weighted by Gasteiger charge is 2.44. The van der Waals surface area contributed by atoms with Gasteiger partial charge < -0.3 is 10.6 Å². The van der Waals surface area contributed by atoms with E-state index >= 15 is 0 Å². The summed E-state index contributed by atoms with van der Waals surface area (Å²) < 4.78 is 0. The number of ketones is 1. The minimum Gasteiger partial charge on any atom is -0.384 e. The molecule has 0 amide bonds. The molecule has 2 aromatic carbocycles. The maximum absolute atomic E-state index is 13.6. The van der Waals surface area contributed by atoms with Crippen LogP contribution in [0.2, 0.25) is 0 Å². The Kier molecular flexibility index (Phi) is 6.27. The second kappa shape index (κ2) is 9.02. The van der Waals surface area contributed by atoms with E-state index in [0.29, 0.717) is 23.4 Å². The molecule has 0 aromatic heterocycles. The lowest BCUT2D eigenvalue weighted by atomic mass is 9.68. The molecule has 0 fully saturated rings.